The second-order valence-corrected chi connectivity index (χ2v) is 6.59. The average molecular weight is 353 g/mol. The number of fused-ring (bicyclic) bond motifs is 3. The summed E-state index contributed by atoms with van der Waals surface area (Å²) in [4.78, 5) is 29.9. The molecule has 0 bridgehead atoms. The average Bonchev–Trinajstić information content (AvgIpc) is 2.97. The van der Waals surface area contributed by atoms with E-state index in [1.165, 1.54) is 16.5 Å². The zero-order chi connectivity index (χ0) is 17.6. The van der Waals surface area contributed by atoms with Crippen molar-refractivity contribution in [2.75, 3.05) is 5.32 Å². The first-order valence-electron chi connectivity index (χ1n) is 7.52. The molecular weight excluding hydrogens is 341 g/mol. The third-order valence-electron chi connectivity index (χ3n) is 3.86. The Morgan fingerprint density at radius 2 is 2.00 bits per heavy atom. The number of imidazole rings is 1. The van der Waals surface area contributed by atoms with Gasteiger partial charge >= 0.3 is 0 Å². The van der Waals surface area contributed by atoms with Crippen LogP contribution in [0, 0.1) is 12.7 Å². The molecule has 0 aliphatic heterocycles. The predicted octanol–water partition coefficient (Wildman–Crippen LogP) is 3.61. The van der Waals surface area contributed by atoms with Crippen LogP contribution in [0.2, 0.25) is 0 Å². The number of aryl methyl sites for hydroxylation is 1. The minimum absolute atomic E-state index is 0.216. The molecule has 124 valence electrons. The molecule has 2 aromatic heterocycles. The number of anilines is 1. The summed E-state index contributed by atoms with van der Waals surface area (Å²) < 4.78 is 15.1. The van der Waals surface area contributed by atoms with E-state index < -0.39 is 11.7 Å². The van der Waals surface area contributed by atoms with Crippen molar-refractivity contribution in [1.29, 1.82) is 0 Å². The number of carbonyl (C=O) groups is 1. The van der Waals surface area contributed by atoms with Crippen LogP contribution in [-0.4, -0.2) is 15.3 Å². The summed E-state index contributed by atoms with van der Waals surface area (Å²) in [6.07, 6.45) is 0. The quantitative estimate of drug-likeness (QED) is 0.599. The third-order valence-corrected chi connectivity index (χ3v) is 4.84. The van der Waals surface area contributed by atoms with Gasteiger partial charge in [-0.1, -0.05) is 29.5 Å². The Hall–Kier alpha value is -3.06. The van der Waals surface area contributed by atoms with Gasteiger partial charge in [-0.2, -0.15) is 0 Å². The molecule has 4 rings (SSSR count). The van der Waals surface area contributed by atoms with Gasteiger partial charge in [-0.25, -0.2) is 9.37 Å². The van der Waals surface area contributed by atoms with Gasteiger partial charge in [0.1, 0.15) is 10.7 Å². The number of hydrogen-bond acceptors (Lipinski definition) is 4. The normalized spacial score (nSPS) is 11.1. The van der Waals surface area contributed by atoms with Crippen LogP contribution in [0.3, 0.4) is 0 Å². The highest BCUT2D eigenvalue weighted by molar-refractivity contribution is 7.18. The highest BCUT2D eigenvalue weighted by atomic mass is 32.1. The Morgan fingerprint density at radius 3 is 2.80 bits per heavy atom. The molecule has 0 saturated heterocycles. The number of benzene rings is 2. The molecule has 0 aliphatic carbocycles. The number of nitrogens with one attached hydrogen (secondary N) is 1. The molecule has 0 unspecified atom stereocenters. The van der Waals surface area contributed by atoms with Crippen LogP contribution >= 0.6 is 11.3 Å². The summed E-state index contributed by atoms with van der Waals surface area (Å²) >= 11 is 1.11. The van der Waals surface area contributed by atoms with Crippen molar-refractivity contribution in [2.24, 2.45) is 0 Å². The number of rotatable bonds is 2. The zero-order valence-electron chi connectivity index (χ0n) is 13.1. The van der Waals surface area contributed by atoms with Gasteiger partial charge in [0.05, 0.1) is 11.0 Å². The van der Waals surface area contributed by atoms with Crippen molar-refractivity contribution in [3.8, 4) is 0 Å². The van der Waals surface area contributed by atoms with Crippen LogP contribution in [0.25, 0.3) is 16.0 Å². The molecule has 2 heterocycles. The molecule has 7 heteroatoms. The van der Waals surface area contributed by atoms with Gasteiger partial charge in [0.25, 0.3) is 11.5 Å². The molecule has 1 amide bonds. The van der Waals surface area contributed by atoms with Gasteiger partial charge in [-0.15, -0.1) is 0 Å². The predicted molar refractivity (Wildman–Crippen MR) is 95.9 cm³/mol. The maximum atomic E-state index is 13.6. The van der Waals surface area contributed by atoms with E-state index in [0.29, 0.717) is 27.2 Å². The van der Waals surface area contributed by atoms with Gasteiger partial charge < -0.3 is 5.32 Å². The van der Waals surface area contributed by atoms with E-state index in [-0.39, 0.29) is 10.4 Å². The lowest BCUT2D eigenvalue weighted by Crippen LogP contribution is -2.17. The number of hydrogen-bond donors (Lipinski definition) is 1. The fourth-order valence-electron chi connectivity index (χ4n) is 2.57. The van der Waals surface area contributed by atoms with E-state index in [4.69, 9.17) is 0 Å². The van der Waals surface area contributed by atoms with Gasteiger partial charge in [-0.05, 0) is 36.8 Å². The summed E-state index contributed by atoms with van der Waals surface area (Å²) in [5, 5.41) is 2.61. The van der Waals surface area contributed by atoms with Crippen molar-refractivity contribution in [1.82, 2.24) is 9.38 Å². The SMILES string of the molecule is Cc1ccc(NC(=O)c2cc(=O)n3c(nc4ccccc43)s2)cc1F. The van der Waals surface area contributed by atoms with Crippen LogP contribution < -0.4 is 10.9 Å². The van der Waals surface area contributed by atoms with E-state index in [1.807, 2.05) is 18.2 Å². The molecule has 0 spiro atoms. The summed E-state index contributed by atoms with van der Waals surface area (Å²) in [6, 6.07) is 13.0. The molecule has 4 aromatic rings. The molecule has 1 N–H and O–H groups in total. The highest BCUT2D eigenvalue weighted by Gasteiger charge is 2.14. The third kappa shape index (κ3) is 2.68. The summed E-state index contributed by atoms with van der Waals surface area (Å²) in [5.74, 6) is -0.874. The minimum atomic E-state index is -0.472. The van der Waals surface area contributed by atoms with Crippen molar-refractivity contribution in [3.63, 3.8) is 0 Å². The molecule has 0 saturated carbocycles. The topological polar surface area (TPSA) is 63.5 Å². The monoisotopic (exact) mass is 353 g/mol. The Balaban J connectivity index is 1.75. The van der Waals surface area contributed by atoms with Crippen molar-refractivity contribution in [3.05, 3.63) is 75.1 Å². The number of nitrogens with zero attached hydrogens (tertiary/aromatic N) is 2. The van der Waals surface area contributed by atoms with E-state index in [0.717, 1.165) is 11.3 Å². The van der Waals surface area contributed by atoms with E-state index in [2.05, 4.69) is 10.3 Å². The maximum Gasteiger partial charge on any atom is 0.266 e. The molecule has 0 atom stereocenters. The fourth-order valence-corrected chi connectivity index (χ4v) is 3.49. The van der Waals surface area contributed by atoms with Crippen LogP contribution in [-0.2, 0) is 0 Å². The number of aromatic nitrogens is 2. The summed E-state index contributed by atoms with van der Waals surface area (Å²) in [6.45, 7) is 1.64. The molecule has 0 fully saturated rings. The molecule has 5 nitrogen and oxygen atoms in total. The highest BCUT2D eigenvalue weighted by Crippen LogP contribution is 2.21. The molecule has 0 radical (unpaired) electrons. The molecule has 2 aromatic carbocycles. The first-order valence-corrected chi connectivity index (χ1v) is 8.33. The van der Waals surface area contributed by atoms with E-state index in [9.17, 15) is 14.0 Å². The van der Waals surface area contributed by atoms with Crippen LogP contribution in [0.5, 0.6) is 0 Å². The van der Waals surface area contributed by atoms with Gasteiger partial charge in [-0.3, -0.25) is 14.0 Å². The van der Waals surface area contributed by atoms with Gasteiger partial charge in [0, 0.05) is 11.8 Å². The summed E-state index contributed by atoms with van der Waals surface area (Å²) in [5.41, 5.74) is 1.89. The van der Waals surface area contributed by atoms with Crippen LogP contribution in [0.4, 0.5) is 10.1 Å². The smallest absolute Gasteiger partial charge is 0.266 e. The summed E-state index contributed by atoms with van der Waals surface area (Å²) in [7, 11) is 0. The number of carbonyl (C=O) groups excluding carboxylic acids is 1. The molecule has 0 aliphatic rings. The number of halogens is 1. The second kappa shape index (κ2) is 5.78. The van der Waals surface area contributed by atoms with Gasteiger partial charge in [0.15, 0.2) is 4.96 Å². The zero-order valence-corrected chi connectivity index (χ0v) is 13.9. The number of para-hydroxylation sites is 2. The largest absolute Gasteiger partial charge is 0.321 e. The lowest BCUT2D eigenvalue weighted by atomic mass is 10.2. The van der Waals surface area contributed by atoms with Gasteiger partial charge in [0.2, 0.25) is 0 Å². The van der Waals surface area contributed by atoms with Crippen LogP contribution in [0.1, 0.15) is 15.2 Å². The standard InChI is InChI=1S/C18H12FN3O2S/c1-10-6-7-11(8-12(10)19)20-17(24)15-9-16(23)22-14-5-3-2-4-13(14)21-18(22)25-15/h2-9H,1H3,(H,20,24). The fraction of sp³-hybridized carbons (Fsp3) is 0.0556. The number of amides is 1. The second-order valence-electron chi connectivity index (χ2n) is 5.59. The molecular formula is C18H12FN3O2S. The Morgan fingerprint density at radius 1 is 1.20 bits per heavy atom. The Kier molecular flexibility index (Phi) is 3.58. The van der Waals surface area contributed by atoms with Crippen molar-refractivity contribution < 1.29 is 9.18 Å². The first-order chi connectivity index (χ1) is 12.0. The lowest BCUT2D eigenvalue weighted by Gasteiger charge is -2.06. The van der Waals surface area contributed by atoms with E-state index >= 15 is 0 Å². The Bertz CT molecular complexity index is 1200. The van der Waals surface area contributed by atoms with Crippen molar-refractivity contribution in [2.45, 2.75) is 6.92 Å². The lowest BCUT2D eigenvalue weighted by molar-refractivity contribution is 0.103. The van der Waals surface area contributed by atoms with Crippen molar-refractivity contribution >= 4 is 38.9 Å². The van der Waals surface area contributed by atoms with E-state index in [1.54, 1.807) is 25.1 Å². The van der Waals surface area contributed by atoms with Crippen LogP contribution in [0.15, 0.2) is 53.3 Å². The maximum absolute atomic E-state index is 13.6. The first kappa shape index (κ1) is 15.5. The minimum Gasteiger partial charge on any atom is -0.321 e. The molecule has 25 heavy (non-hydrogen) atoms. The Labute approximate surface area is 145 Å².